The van der Waals surface area contributed by atoms with Crippen molar-refractivity contribution in [3.63, 3.8) is 0 Å². The van der Waals surface area contributed by atoms with E-state index in [1.165, 1.54) is 36.6 Å². The van der Waals surface area contributed by atoms with Gasteiger partial charge in [-0.05, 0) is 18.2 Å². The molecule has 30 heavy (non-hydrogen) atoms. The zero-order valence-electron chi connectivity index (χ0n) is 15.1. The molecule has 0 aliphatic heterocycles. The molecule has 3 rings (SSSR count). The highest BCUT2D eigenvalue weighted by Crippen LogP contribution is 2.29. The quantitative estimate of drug-likeness (QED) is 0.247. The van der Waals surface area contributed by atoms with Crippen LogP contribution in [0.5, 0.6) is 11.5 Å². The van der Waals surface area contributed by atoms with Crippen LogP contribution in [0, 0.1) is 29.1 Å². The van der Waals surface area contributed by atoms with Crippen molar-refractivity contribution in [2.24, 2.45) is 0 Å². The van der Waals surface area contributed by atoms with E-state index in [1.807, 2.05) is 5.43 Å². The Morgan fingerprint density at radius 2 is 1.70 bits per heavy atom. The summed E-state index contributed by atoms with van der Waals surface area (Å²) in [6.07, 6.45) is 0. The lowest BCUT2D eigenvalue weighted by molar-refractivity contribution is 0.0962. The maximum Gasteiger partial charge on any atom is 0.269 e. The third-order valence-corrected chi connectivity index (χ3v) is 4.43. The van der Waals surface area contributed by atoms with E-state index in [9.17, 15) is 26.7 Å². The van der Waals surface area contributed by atoms with Crippen molar-refractivity contribution in [1.82, 2.24) is 10.4 Å². The Balaban J connectivity index is 1.73. The van der Waals surface area contributed by atoms with Crippen LogP contribution in [-0.4, -0.2) is 18.0 Å². The molecule has 0 saturated heterocycles. The van der Waals surface area contributed by atoms with Gasteiger partial charge in [0.1, 0.15) is 12.3 Å². The Morgan fingerprint density at radius 1 is 1.03 bits per heavy atom. The Hall–Kier alpha value is -3.41. The van der Waals surface area contributed by atoms with Gasteiger partial charge >= 0.3 is 0 Å². The molecule has 0 radical (unpaired) electrons. The van der Waals surface area contributed by atoms with Gasteiger partial charge in [-0.3, -0.25) is 15.6 Å². The summed E-state index contributed by atoms with van der Waals surface area (Å²) in [7, 11) is 1.33. The molecule has 0 atom stereocenters. The molecule has 3 aromatic rings. The van der Waals surface area contributed by atoms with Crippen molar-refractivity contribution >= 4 is 22.9 Å². The number of aromatic nitrogens is 1. The van der Waals surface area contributed by atoms with E-state index in [4.69, 9.17) is 9.47 Å². The second kappa shape index (κ2) is 8.95. The minimum atomic E-state index is -2.31. The average Bonchev–Trinajstić information content (AvgIpc) is 3.28. The zero-order valence-corrected chi connectivity index (χ0v) is 15.9. The number of hydrogen-bond acceptors (Lipinski definition) is 6. The SMILES string of the molecule is COc1cc(C(=O)NNc2c(F)c(F)c(F)c(F)c2F)ccc1OCc1cscn1. The number of hydrogen-bond donors (Lipinski definition) is 2. The Labute approximate surface area is 170 Å². The third kappa shape index (κ3) is 4.27. The molecule has 0 aliphatic carbocycles. The fraction of sp³-hybridized carbons (Fsp3) is 0.111. The topological polar surface area (TPSA) is 72.5 Å². The van der Waals surface area contributed by atoms with E-state index < -0.39 is 40.7 Å². The van der Waals surface area contributed by atoms with Crippen LogP contribution in [0.3, 0.4) is 0 Å². The number of ether oxygens (including phenoxy) is 2. The molecular weight excluding hydrogens is 433 g/mol. The predicted molar refractivity (Wildman–Crippen MR) is 96.8 cm³/mol. The van der Waals surface area contributed by atoms with Gasteiger partial charge in [0, 0.05) is 10.9 Å². The molecule has 2 aromatic carbocycles. The lowest BCUT2D eigenvalue weighted by Gasteiger charge is -2.14. The number of methoxy groups -OCH3 is 1. The summed E-state index contributed by atoms with van der Waals surface area (Å²) in [6.45, 7) is 0.160. The number of nitrogens with zero attached hydrogens (tertiary/aromatic N) is 1. The second-order valence-electron chi connectivity index (χ2n) is 5.66. The van der Waals surface area contributed by atoms with E-state index >= 15 is 0 Å². The van der Waals surface area contributed by atoms with Crippen LogP contribution >= 0.6 is 11.3 Å². The first-order valence-corrected chi connectivity index (χ1v) is 9.03. The predicted octanol–water partition coefficient (Wildman–Crippen LogP) is 4.18. The number of anilines is 1. The fourth-order valence-corrected chi connectivity index (χ4v) is 2.84. The number of amides is 1. The molecule has 0 unspecified atom stereocenters. The van der Waals surface area contributed by atoms with E-state index in [0.29, 0.717) is 11.4 Å². The number of thiazole rings is 1. The highest BCUT2D eigenvalue weighted by Gasteiger charge is 2.26. The standard InChI is InChI=1S/C18H12F5N3O3S/c1-28-11-4-8(2-3-10(11)29-5-9-6-30-7-24-9)18(27)26-25-17-15(22)13(20)12(19)14(21)16(17)23/h2-4,6-7,25H,5H2,1H3,(H,26,27). The van der Waals surface area contributed by atoms with E-state index in [2.05, 4.69) is 4.98 Å². The molecule has 0 bridgehead atoms. The van der Waals surface area contributed by atoms with Gasteiger partial charge < -0.3 is 9.47 Å². The molecule has 158 valence electrons. The van der Waals surface area contributed by atoms with Crippen molar-refractivity contribution in [3.8, 4) is 11.5 Å². The number of nitrogens with one attached hydrogen (secondary N) is 2. The van der Waals surface area contributed by atoms with Crippen LogP contribution in [-0.2, 0) is 6.61 Å². The molecule has 6 nitrogen and oxygen atoms in total. The molecule has 0 aliphatic rings. The third-order valence-electron chi connectivity index (χ3n) is 3.80. The normalized spacial score (nSPS) is 10.6. The van der Waals surface area contributed by atoms with Crippen molar-refractivity contribution in [2.45, 2.75) is 6.61 Å². The summed E-state index contributed by atoms with van der Waals surface area (Å²) < 4.78 is 77.5. The smallest absolute Gasteiger partial charge is 0.269 e. The van der Waals surface area contributed by atoms with Crippen molar-refractivity contribution in [1.29, 1.82) is 0 Å². The van der Waals surface area contributed by atoms with Gasteiger partial charge in [-0.2, -0.15) is 0 Å². The van der Waals surface area contributed by atoms with Crippen LogP contribution < -0.4 is 20.3 Å². The maximum absolute atomic E-state index is 13.7. The number of rotatable bonds is 7. The van der Waals surface area contributed by atoms with Gasteiger partial charge in [0.05, 0.1) is 18.3 Å². The molecule has 0 fully saturated rings. The van der Waals surface area contributed by atoms with Gasteiger partial charge in [0.25, 0.3) is 5.91 Å². The average molecular weight is 445 g/mol. The van der Waals surface area contributed by atoms with Crippen molar-refractivity contribution < 1.29 is 36.2 Å². The molecule has 1 heterocycles. The lowest BCUT2D eigenvalue weighted by atomic mass is 10.2. The number of halogens is 5. The highest BCUT2D eigenvalue weighted by molar-refractivity contribution is 7.07. The minimum absolute atomic E-state index is 0.0377. The van der Waals surface area contributed by atoms with Gasteiger partial charge in [-0.1, -0.05) is 0 Å². The molecule has 1 aromatic heterocycles. The lowest BCUT2D eigenvalue weighted by Crippen LogP contribution is -2.31. The van der Waals surface area contributed by atoms with Gasteiger partial charge in [-0.25, -0.2) is 26.9 Å². The van der Waals surface area contributed by atoms with Crippen molar-refractivity contribution in [2.75, 3.05) is 12.5 Å². The van der Waals surface area contributed by atoms with Crippen LogP contribution in [0.15, 0.2) is 29.1 Å². The monoisotopic (exact) mass is 445 g/mol. The van der Waals surface area contributed by atoms with E-state index in [1.54, 1.807) is 16.3 Å². The van der Waals surface area contributed by atoms with Crippen LogP contribution in [0.2, 0.25) is 0 Å². The molecular formula is C18H12F5N3O3S. The summed E-state index contributed by atoms with van der Waals surface area (Å²) in [5, 5.41) is 1.79. The fourth-order valence-electron chi connectivity index (χ4n) is 2.29. The molecule has 2 N–H and O–H groups in total. The van der Waals surface area contributed by atoms with Crippen LogP contribution in [0.25, 0.3) is 0 Å². The number of carbonyl (C=O) groups is 1. The van der Waals surface area contributed by atoms with Crippen LogP contribution in [0.1, 0.15) is 16.1 Å². The van der Waals surface area contributed by atoms with Gasteiger partial charge in [0.2, 0.25) is 5.82 Å². The first-order chi connectivity index (χ1) is 14.3. The first-order valence-electron chi connectivity index (χ1n) is 8.09. The molecule has 12 heteroatoms. The van der Waals surface area contributed by atoms with Crippen LogP contribution in [0.4, 0.5) is 27.6 Å². The highest BCUT2D eigenvalue weighted by atomic mass is 32.1. The first kappa shape index (κ1) is 21.3. The second-order valence-corrected chi connectivity index (χ2v) is 6.38. The molecule has 0 spiro atoms. The number of hydrazine groups is 1. The maximum atomic E-state index is 13.7. The summed E-state index contributed by atoms with van der Waals surface area (Å²) in [5.74, 6) is -11.3. The Morgan fingerprint density at radius 3 is 2.30 bits per heavy atom. The summed E-state index contributed by atoms with van der Waals surface area (Å²) in [6, 6.07) is 4.00. The largest absolute Gasteiger partial charge is 0.493 e. The molecule has 0 saturated carbocycles. The summed E-state index contributed by atoms with van der Waals surface area (Å²) in [5.41, 5.74) is 4.47. The van der Waals surface area contributed by atoms with E-state index in [0.717, 1.165) is 0 Å². The number of carbonyl (C=O) groups excluding carboxylic acids is 1. The van der Waals surface area contributed by atoms with E-state index in [-0.39, 0.29) is 17.9 Å². The molecule has 1 amide bonds. The zero-order chi connectivity index (χ0) is 21.8. The van der Waals surface area contributed by atoms with Gasteiger partial charge in [-0.15, -0.1) is 11.3 Å². The number of benzene rings is 2. The van der Waals surface area contributed by atoms with Crippen molar-refractivity contribution in [3.05, 3.63) is 69.4 Å². The Bertz CT molecular complexity index is 1050. The minimum Gasteiger partial charge on any atom is -0.493 e. The summed E-state index contributed by atoms with van der Waals surface area (Å²) in [4.78, 5) is 16.3. The van der Waals surface area contributed by atoms with Gasteiger partial charge in [0.15, 0.2) is 34.8 Å². The Kier molecular flexibility index (Phi) is 6.35. The summed E-state index contributed by atoms with van der Waals surface area (Å²) >= 11 is 1.40.